The van der Waals surface area contributed by atoms with Crippen molar-refractivity contribution in [2.45, 2.75) is 32.9 Å². The van der Waals surface area contributed by atoms with Gasteiger partial charge in [0.25, 0.3) is 0 Å². The van der Waals surface area contributed by atoms with Gasteiger partial charge in [-0.15, -0.1) is 0 Å². The zero-order valence-corrected chi connectivity index (χ0v) is 9.77. The first-order valence-electron chi connectivity index (χ1n) is 5.68. The van der Waals surface area contributed by atoms with E-state index in [-0.39, 0.29) is 6.04 Å². The average molecular weight is 218 g/mol. The molecule has 1 heterocycles. The van der Waals surface area contributed by atoms with Crippen LogP contribution in [0.2, 0.25) is 0 Å². The normalized spacial score (nSPS) is 13.2. The fourth-order valence-electron chi connectivity index (χ4n) is 2.13. The predicted molar refractivity (Wildman–Crippen MR) is 66.6 cm³/mol. The van der Waals surface area contributed by atoms with Gasteiger partial charge in [-0.05, 0) is 44.0 Å². The highest BCUT2D eigenvalue weighted by atomic mass is 16.3. The molecule has 16 heavy (non-hydrogen) atoms. The molecule has 1 aromatic carbocycles. The van der Waals surface area contributed by atoms with E-state index in [1.165, 1.54) is 5.56 Å². The van der Waals surface area contributed by atoms with Gasteiger partial charge in [0.1, 0.15) is 5.75 Å². The highest BCUT2D eigenvalue weighted by Gasteiger charge is 2.09. The number of phenolic OH excluding ortho intramolecular Hbond substituents is 1. The number of aromatic nitrogens is 1. The van der Waals surface area contributed by atoms with Crippen LogP contribution in [0, 0.1) is 0 Å². The van der Waals surface area contributed by atoms with Crippen LogP contribution < -0.4 is 5.73 Å². The van der Waals surface area contributed by atoms with Crippen molar-refractivity contribution in [3.63, 3.8) is 0 Å². The van der Waals surface area contributed by atoms with Crippen molar-refractivity contribution < 1.29 is 5.11 Å². The number of hydrogen-bond acceptors (Lipinski definition) is 2. The van der Waals surface area contributed by atoms with E-state index in [0.717, 1.165) is 23.9 Å². The van der Waals surface area contributed by atoms with Gasteiger partial charge in [0.05, 0.1) is 0 Å². The van der Waals surface area contributed by atoms with E-state index in [0.29, 0.717) is 5.75 Å². The maximum atomic E-state index is 9.53. The third kappa shape index (κ3) is 1.91. The van der Waals surface area contributed by atoms with Crippen molar-refractivity contribution in [1.82, 2.24) is 4.57 Å². The summed E-state index contributed by atoms with van der Waals surface area (Å²) in [7, 11) is 0. The molecule has 0 saturated heterocycles. The Morgan fingerprint density at radius 2 is 2.19 bits per heavy atom. The molecule has 0 radical (unpaired) electrons. The molecule has 86 valence electrons. The fraction of sp³-hybridized carbons (Fsp3) is 0.385. The Kier molecular flexibility index (Phi) is 2.88. The Labute approximate surface area is 95.5 Å². The first kappa shape index (κ1) is 11.0. The number of aryl methyl sites for hydroxylation is 1. The van der Waals surface area contributed by atoms with E-state index >= 15 is 0 Å². The Bertz CT molecular complexity index is 500. The van der Waals surface area contributed by atoms with Crippen LogP contribution in [-0.4, -0.2) is 15.7 Å². The summed E-state index contributed by atoms with van der Waals surface area (Å²) in [6.45, 7) is 5.04. The molecule has 0 fully saturated rings. The van der Waals surface area contributed by atoms with Gasteiger partial charge in [0.15, 0.2) is 0 Å². The summed E-state index contributed by atoms with van der Waals surface area (Å²) in [4.78, 5) is 0. The lowest BCUT2D eigenvalue weighted by Crippen LogP contribution is -2.17. The van der Waals surface area contributed by atoms with E-state index in [1.807, 2.05) is 19.1 Å². The minimum Gasteiger partial charge on any atom is -0.508 e. The van der Waals surface area contributed by atoms with Gasteiger partial charge in [-0.2, -0.15) is 0 Å². The standard InChI is InChI=1S/C13H18N2O/c1-3-15-8-10(6-9(2)14)12-7-11(16)4-5-13(12)15/h4-5,7-9,16H,3,6,14H2,1-2H3. The lowest BCUT2D eigenvalue weighted by atomic mass is 10.1. The molecule has 0 amide bonds. The van der Waals surface area contributed by atoms with E-state index < -0.39 is 0 Å². The molecule has 1 unspecified atom stereocenters. The van der Waals surface area contributed by atoms with Crippen molar-refractivity contribution in [3.05, 3.63) is 30.0 Å². The van der Waals surface area contributed by atoms with Crippen LogP contribution in [0.25, 0.3) is 10.9 Å². The number of benzene rings is 1. The SMILES string of the molecule is CCn1cc(CC(C)N)c2cc(O)ccc21. The van der Waals surface area contributed by atoms with Crippen LogP contribution in [0.1, 0.15) is 19.4 Å². The summed E-state index contributed by atoms with van der Waals surface area (Å²) < 4.78 is 2.19. The topological polar surface area (TPSA) is 51.2 Å². The van der Waals surface area contributed by atoms with Crippen molar-refractivity contribution in [1.29, 1.82) is 0 Å². The third-order valence-electron chi connectivity index (χ3n) is 2.83. The lowest BCUT2D eigenvalue weighted by Gasteiger charge is -2.02. The Hall–Kier alpha value is -1.48. The molecule has 3 heteroatoms. The summed E-state index contributed by atoms with van der Waals surface area (Å²) in [6, 6.07) is 5.64. The quantitative estimate of drug-likeness (QED) is 0.830. The van der Waals surface area contributed by atoms with Crippen LogP contribution in [0.3, 0.4) is 0 Å². The predicted octanol–water partition coefficient (Wildman–Crippen LogP) is 2.26. The smallest absolute Gasteiger partial charge is 0.116 e. The van der Waals surface area contributed by atoms with Crippen molar-refractivity contribution in [3.8, 4) is 5.75 Å². The highest BCUT2D eigenvalue weighted by molar-refractivity contribution is 5.85. The molecule has 0 aliphatic carbocycles. The second-order valence-electron chi connectivity index (χ2n) is 4.32. The van der Waals surface area contributed by atoms with E-state index in [9.17, 15) is 5.11 Å². The Morgan fingerprint density at radius 1 is 1.44 bits per heavy atom. The van der Waals surface area contributed by atoms with Crippen molar-refractivity contribution in [2.75, 3.05) is 0 Å². The third-order valence-corrected chi connectivity index (χ3v) is 2.83. The van der Waals surface area contributed by atoms with Gasteiger partial charge in [0, 0.05) is 29.7 Å². The second-order valence-corrected chi connectivity index (χ2v) is 4.32. The number of fused-ring (bicyclic) bond motifs is 1. The molecule has 1 aromatic heterocycles. The summed E-state index contributed by atoms with van der Waals surface area (Å²) in [5, 5.41) is 10.6. The van der Waals surface area contributed by atoms with Gasteiger partial charge in [-0.1, -0.05) is 0 Å². The monoisotopic (exact) mass is 218 g/mol. The number of rotatable bonds is 3. The first-order chi connectivity index (χ1) is 7.61. The number of nitrogens with two attached hydrogens (primary N) is 1. The number of phenols is 1. The highest BCUT2D eigenvalue weighted by Crippen LogP contribution is 2.26. The van der Waals surface area contributed by atoms with Crippen molar-refractivity contribution >= 4 is 10.9 Å². The number of nitrogens with zero attached hydrogens (tertiary/aromatic N) is 1. The molecule has 3 N–H and O–H groups in total. The van der Waals surface area contributed by atoms with E-state index in [4.69, 9.17) is 5.73 Å². The summed E-state index contributed by atoms with van der Waals surface area (Å²) in [5.41, 5.74) is 8.21. The number of aromatic hydroxyl groups is 1. The minimum absolute atomic E-state index is 0.137. The van der Waals surface area contributed by atoms with Gasteiger partial charge in [0.2, 0.25) is 0 Å². The molecule has 0 aliphatic heterocycles. The largest absolute Gasteiger partial charge is 0.508 e. The molecule has 3 nitrogen and oxygen atoms in total. The Morgan fingerprint density at radius 3 is 2.81 bits per heavy atom. The van der Waals surface area contributed by atoms with Crippen LogP contribution in [0.4, 0.5) is 0 Å². The van der Waals surface area contributed by atoms with Crippen LogP contribution in [-0.2, 0) is 13.0 Å². The minimum atomic E-state index is 0.137. The summed E-state index contributed by atoms with van der Waals surface area (Å²) >= 11 is 0. The molecule has 0 saturated carbocycles. The molecule has 0 aliphatic rings. The van der Waals surface area contributed by atoms with Gasteiger partial charge in [-0.3, -0.25) is 0 Å². The van der Waals surface area contributed by atoms with Crippen LogP contribution >= 0.6 is 0 Å². The molecule has 2 rings (SSSR count). The summed E-state index contributed by atoms with van der Waals surface area (Å²) in [6.07, 6.45) is 2.97. The number of hydrogen-bond donors (Lipinski definition) is 2. The van der Waals surface area contributed by atoms with Crippen LogP contribution in [0.5, 0.6) is 5.75 Å². The van der Waals surface area contributed by atoms with Gasteiger partial charge < -0.3 is 15.4 Å². The van der Waals surface area contributed by atoms with E-state index in [1.54, 1.807) is 6.07 Å². The molecule has 0 spiro atoms. The van der Waals surface area contributed by atoms with Crippen molar-refractivity contribution in [2.24, 2.45) is 5.73 Å². The average Bonchev–Trinajstić information content (AvgIpc) is 2.55. The maximum absolute atomic E-state index is 9.53. The zero-order chi connectivity index (χ0) is 11.7. The molecule has 0 bridgehead atoms. The summed E-state index contributed by atoms with van der Waals surface area (Å²) in [5.74, 6) is 0.312. The zero-order valence-electron chi connectivity index (χ0n) is 9.77. The maximum Gasteiger partial charge on any atom is 0.116 e. The molecule has 1 atom stereocenters. The van der Waals surface area contributed by atoms with Gasteiger partial charge in [-0.25, -0.2) is 0 Å². The van der Waals surface area contributed by atoms with E-state index in [2.05, 4.69) is 17.7 Å². The molecule has 2 aromatic rings. The van der Waals surface area contributed by atoms with Crippen LogP contribution in [0.15, 0.2) is 24.4 Å². The van der Waals surface area contributed by atoms with Gasteiger partial charge >= 0.3 is 0 Å². The molecular weight excluding hydrogens is 200 g/mol. The fourth-order valence-corrected chi connectivity index (χ4v) is 2.13. The Balaban J connectivity index is 2.59. The lowest BCUT2D eigenvalue weighted by molar-refractivity contribution is 0.476. The second kappa shape index (κ2) is 4.18. The first-order valence-corrected chi connectivity index (χ1v) is 5.68. The molecular formula is C13H18N2O.